The number of para-hydroxylation sites is 1. The molecule has 7 nitrogen and oxygen atoms in total. The van der Waals surface area contributed by atoms with Crippen molar-refractivity contribution in [2.45, 2.75) is 39.7 Å². The number of aromatic nitrogens is 2. The second-order valence-corrected chi connectivity index (χ2v) is 11.1. The lowest BCUT2D eigenvalue weighted by molar-refractivity contribution is -0.116. The number of urea groups is 1. The van der Waals surface area contributed by atoms with Crippen LogP contribution in [0.1, 0.15) is 37.6 Å². The number of aryl methyl sites for hydroxylation is 1. The van der Waals surface area contributed by atoms with E-state index >= 15 is 0 Å². The van der Waals surface area contributed by atoms with E-state index in [2.05, 4.69) is 47.3 Å². The third kappa shape index (κ3) is 6.89. The second kappa shape index (κ2) is 11.6. The van der Waals surface area contributed by atoms with E-state index in [0.717, 1.165) is 27.0 Å². The van der Waals surface area contributed by atoms with Gasteiger partial charge < -0.3 is 15.5 Å². The van der Waals surface area contributed by atoms with Crippen molar-refractivity contribution in [3.8, 4) is 5.69 Å². The quantitative estimate of drug-likeness (QED) is 0.252. The maximum absolute atomic E-state index is 13.4. The fraction of sp³-hybridized carbons (Fsp3) is 0.233. The van der Waals surface area contributed by atoms with Crippen molar-refractivity contribution in [3.05, 3.63) is 106 Å². The Morgan fingerprint density at radius 2 is 1.63 bits per heavy atom. The summed E-state index contributed by atoms with van der Waals surface area (Å²) < 4.78 is 2.50. The van der Waals surface area contributed by atoms with Crippen molar-refractivity contribution in [2.75, 3.05) is 17.2 Å². The summed E-state index contributed by atoms with van der Waals surface area (Å²) in [7, 11) is 0. The molecule has 38 heavy (non-hydrogen) atoms. The van der Waals surface area contributed by atoms with Gasteiger partial charge >= 0.3 is 6.03 Å². The molecule has 3 aromatic carbocycles. The Bertz CT molecular complexity index is 1430. The van der Waals surface area contributed by atoms with Crippen LogP contribution < -0.4 is 10.6 Å². The molecular formula is C30H32BrN5O2. The van der Waals surface area contributed by atoms with Crippen molar-refractivity contribution in [3.63, 3.8) is 0 Å². The van der Waals surface area contributed by atoms with Gasteiger partial charge in [0.05, 0.1) is 17.1 Å². The zero-order valence-corrected chi connectivity index (χ0v) is 23.6. The summed E-state index contributed by atoms with van der Waals surface area (Å²) >= 11 is 3.47. The van der Waals surface area contributed by atoms with Crippen LogP contribution in [0.3, 0.4) is 0 Å². The third-order valence-corrected chi connectivity index (χ3v) is 6.64. The Labute approximate surface area is 232 Å². The van der Waals surface area contributed by atoms with E-state index in [1.807, 2.05) is 85.8 Å². The molecule has 196 valence electrons. The highest BCUT2D eigenvalue weighted by molar-refractivity contribution is 9.10. The van der Waals surface area contributed by atoms with Gasteiger partial charge in [-0.1, -0.05) is 75.4 Å². The predicted molar refractivity (Wildman–Crippen MR) is 156 cm³/mol. The van der Waals surface area contributed by atoms with Gasteiger partial charge in [0.2, 0.25) is 5.91 Å². The molecule has 0 aliphatic rings. The predicted octanol–water partition coefficient (Wildman–Crippen LogP) is 6.91. The molecular weight excluding hydrogens is 542 g/mol. The summed E-state index contributed by atoms with van der Waals surface area (Å²) in [5, 5.41) is 10.7. The minimum absolute atomic E-state index is 0.144. The number of benzene rings is 3. The molecule has 4 rings (SSSR count). The van der Waals surface area contributed by atoms with Crippen LogP contribution in [0.15, 0.2) is 89.4 Å². The largest absolute Gasteiger partial charge is 0.322 e. The maximum Gasteiger partial charge on any atom is 0.322 e. The topological polar surface area (TPSA) is 79.3 Å². The Kier molecular flexibility index (Phi) is 8.32. The molecule has 0 saturated carbocycles. The van der Waals surface area contributed by atoms with Crippen LogP contribution in [0, 0.1) is 6.92 Å². The first-order valence-corrected chi connectivity index (χ1v) is 13.2. The summed E-state index contributed by atoms with van der Waals surface area (Å²) in [6.07, 6.45) is 0. The summed E-state index contributed by atoms with van der Waals surface area (Å²) in [6.45, 7) is 8.38. The Balaban J connectivity index is 1.59. The zero-order chi connectivity index (χ0) is 27.3. The van der Waals surface area contributed by atoms with Crippen LogP contribution in [0.25, 0.3) is 5.69 Å². The van der Waals surface area contributed by atoms with Crippen LogP contribution in [0.4, 0.5) is 16.3 Å². The zero-order valence-electron chi connectivity index (χ0n) is 22.0. The molecule has 0 aliphatic heterocycles. The van der Waals surface area contributed by atoms with Crippen LogP contribution >= 0.6 is 15.9 Å². The molecule has 0 bridgehead atoms. The SMILES string of the molecule is Cc1cccc(-n2nc(C(C)(C)C)cc2NC(=O)CN(Cc2ccccc2)C(=O)Nc2ccccc2Br)c1. The Morgan fingerprint density at radius 3 is 2.32 bits per heavy atom. The van der Waals surface area contributed by atoms with E-state index in [1.54, 1.807) is 10.7 Å². The third-order valence-electron chi connectivity index (χ3n) is 5.94. The molecule has 2 N–H and O–H groups in total. The lowest BCUT2D eigenvalue weighted by Gasteiger charge is -2.23. The number of nitrogens with one attached hydrogen (secondary N) is 2. The van der Waals surface area contributed by atoms with Crippen molar-refractivity contribution < 1.29 is 9.59 Å². The first-order chi connectivity index (χ1) is 18.1. The number of nitrogens with zero attached hydrogens (tertiary/aromatic N) is 3. The van der Waals surface area contributed by atoms with E-state index < -0.39 is 0 Å². The Hall–Kier alpha value is -3.91. The number of carbonyl (C=O) groups excluding carboxylic acids is 2. The fourth-order valence-electron chi connectivity index (χ4n) is 3.91. The van der Waals surface area contributed by atoms with E-state index in [1.165, 1.54) is 4.90 Å². The van der Waals surface area contributed by atoms with Gasteiger partial charge in [-0.05, 0) is 58.2 Å². The van der Waals surface area contributed by atoms with Gasteiger partial charge in [-0.15, -0.1) is 0 Å². The first kappa shape index (κ1) is 27.1. The average Bonchev–Trinajstić information content (AvgIpc) is 3.30. The standard InChI is InChI=1S/C30H32BrN5O2/c1-21-11-10-14-23(17-21)36-27(18-26(34-36)30(2,3)4)33-28(37)20-35(19-22-12-6-5-7-13-22)29(38)32-25-16-9-8-15-24(25)31/h5-18H,19-20H2,1-4H3,(H,32,38)(H,33,37). The number of halogens is 1. The lowest BCUT2D eigenvalue weighted by atomic mass is 9.92. The lowest BCUT2D eigenvalue weighted by Crippen LogP contribution is -2.40. The number of hydrogen-bond acceptors (Lipinski definition) is 3. The molecule has 1 aromatic heterocycles. The molecule has 0 spiro atoms. The van der Waals surface area contributed by atoms with Crippen LogP contribution in [-0.2, 0) is 16.8 Å². The number of anilines is 2. The van der Waals surface area contributed by atoms with Crippen LogP contribution in [-0.4, -0.2) is 33.2 Å². The van der Waals surface area contributed by atoms with Crippen molar-refractivity contribution in [1.82, 2.24) is 14.7 Å². The number of amides is 3. The molecule has 0 saturated heterocycles. The molecule has 0 radical (unpaired) electrons. The summed E-state index contributed by atoms with van der Waals surface area (Å²) in [4.78, 5) is 28.2. The minimum Gasteiger partial charge on any atom is -0.311 e. The van der Waals surface area contributed by atoms with Gasteiger partial charge in [0.15, 0.2) is 0 Å². The monoisotopic (exact) mass is 573 g/mol. The van der Waals surface area contributed by atoms with Gasteiger partial charge in [-0.3, -0.25) is 4.79 Å². The Morgan fingerprint density at radius 1 is 0.921 bits per heavy atom. The molecule has 0 aliphatic carbocycles. The highest BCUT2D eigenvalue weighted by atomic mass is 79.9. The normalized spacial score (nSPS) is 11.2. The highest BCUT2D eigenvalue weighted by Gasteiger charge is 2.23. The van der Waals surface area contributed by atoms with Gasteiger partial charge in [-0.25, -0.2) is 9.48 Å². The van der Waals surface area contributed by atoms with E-state index in [0.29, 0.717) is 11.5 Å². The molecule has 0 unspecified atom stereocenters. The average molecular weight is 575 g/mol. The van der Waals surface area contributed by atoms with Crippen molar-refractivity contribution in [1.29, 1.82) is 0 Å². The van der Waals surface area contributed by atoms with Gasteiger partial charge in [0.1, 0.15) is 12.4 Å². The molecule has 1 heterocycles. The number of carbonyl (C=O) groups is 2. The van der Waals surface area contributed by atoms with E-state index in [4.69, 9.17) is 5.10 Å². The van der Waals surface area contributed by atoms with Gasteiger partial charge in [-0.2, -0.15) is 5.10 Å². The summed E-state index contributed by atoms with van der Waals surface area (Å²) in [5.41, 5.74) is 4.12. The smallest absolute Gasteiger partial charge is 0.311 e. The summed E-state index contributed by atoms with van der Waals surface area (Å²) in [5.74, 6) is 0.230. The van der Waals surface area contributed by atoms with Crippen LogP contribution in [0.5, 0.6) is 0 Å². The second-order valence-electron chi connectivity index (χ2n) is 10.2. The van der Waals surface area contributed by atoms with E-state index in [-0.39, 0.29) is 30.4 Å². The maximum atomic E-state index is 13.4. The molecule has 8 heteroatoms. The number of rotatable bonds is 7. The minimum atomic E-state index is -0.376. The van der Waals surface area contributed by atoms with E-state index in [9.17, 15) is 9.59 Å². The van der Waals surface area contributed by atoms with Crippen molar-refractivity contribution in [2.24, 2.45) is 0 Å². The molecule has 0 fully saturated rings. The highest BCUT2D eigenvalue weighted by Crippen LogP contribution is 2.27. The summed E-state index contributed by atoms with van der Waals surface area (Å²) in [6, 6.07) is 26.4. The van der Waals surface area contributed by atoms with Crippen LogP contribution in [0.2, 0.25) is 0 Å². The van der Waals surface area contributed by atoms with Gasteiger partial charge in [0, 0.05) is 22.5 Å². The first-order valence-electron chi connectivity index (χ1n) is 12.4. The van der Waals surface area contributed by atoms with Crippen molar-refractivity contribution >= 4 is 39.4 Å². The molecule has 0 atom stereocenters. The molecule has 4 aromatic rings. The molecule has 3 amide bonds. The number of hydrogen-bond donors (Lipinski definition) is 2. The van der Waals surface area contributed by atoms with Gasteiger partial charge in [0.25, 0.3) is 0 Å². The fourth-order valence-corrected chi connectivity index (χ4v) is 4.29.